The predicted octanol–water partition coefficient (Wildman–Crippen LogP) is 5.64. The summed E-state index contributed by atoms with van der Waals surface area (Å²) in [4.78, 5) is 0. The number of anilines is 1. The van der Waals surface area contributed by atoms with Crippen LogP contribution in [-0.2, 0) is 0 Å². The summed E-state index contributed by atoms with van der Waals surface area (Å²) < 4.78 is 39.6. The molecule has 19 heavy (non-hydrogen) atoms. The molecule has 0 aromatic heterocycles. The molecule has 0 spiro atoms. The molecule has 1 N–H and O–H groups in total. The first-order valence-electron chi connectivity index (χ1n) is 6.16. The second-order valence-electron chi connectivity index (χ2n) is 4.81. The topological polar surface area (TPSA) is 12.0 Å². The van der Waals surface area contributed by atoms with E-state index in [2.05, 4.69) is 21.2 Å². The number of rotatable bonds is 2. The van der Waals surface area contributed by atoms with Gasteiger partial charge in [0.1, 0.15) is 0 Å². The van der Waals surface area contributed by atoms with Crippen molar-refractivity contribution >= 4 is 33.2 Å². The lowest BCUT2D eigenvalue weighted by molar-refractivity contribution is -0.184. The molecule has 1 saturated carbocycles. The first-order valence-corrected chi connectivity index (χ1v) is 7.33. The van der Waals surface area contributed by atoms with Crippen LogP contribution < -0.4 is 5.32 Å². The van der Waals surface area contributed by atoms with Gasteiger partial charge in [0.15, 0.2) is 0 Å². The molecule has 2 rings (SSSR count). The van der Waals surface area contributed by atoms with Gasteiger partial charge in [0.25, 0.3) is 0 Å². The highest BCUT2D eigenvalue weighted by atomic mass is 79.9. The van der Waals surface area contributed by atoms with Crippen molar-refractivity contribution in [2.24, 2.45) is 5.92 Å². The molecule has 0 radical (unpaired) electrons. The van der Waals surface area contributed by atoms with Crippen molar-refractivity contribution < 1.29 is 13.2 Å². The van der Waals surface area contributed by atoms with E-state index in [1.807, 2.05) is 0 Å². The fraction of sp³-hybridized carbons (Fsp3) is 0.538. The van der Waals surface area contributed by atoms with E-state index in [1.54, 1.807) is 18.2 Å². The zero-order valence-electron chi connectivity index (χ0n) is 10.1. The monoisotopic (exact) mass is 355 g/mol. The van der Waals surface area contributed by atoms with Crippen LogP contribution in [0.15, 0.2) is 22.7 Å². The van der Waals surface area contributed by atoms with E-state index in [0.29, 0.717) is 28.0 Å². The number of hydrogen-bond acceptors (Lipinski definition) is 1. The Morgan fingerprint density at radius 1 is 1.21 bits per heavy atom. The zero-order chi connectivity index (χ0) is 14.0. The first kappa shape index (κ1) is 15.0. The molecule has 0 aliphatic heterocycles. The molecule has 106 valence electrons. The summed E-state index contributed by atoms with van der Waals surface area (Å²) in [5.41, 5.74) is 0.658. The van der Waals surface area contributed by atoms with Gasteiger partial charge in [-0.15, -0.1) is 0 Å². The molecule has 0 heterocycles. The smallest absolute Gasteiger partial charge is 0.381 e. The first-order chi connectivity index (χ1) is 8.88. The van der Waals surface area contributed by atoms with Crippen LogP contribution in [0.25, 0.3) is 0 Å². The Morgan fingerprint density at radius 2 is 1.89 bits per heavy atom. The highest BCUT2D eigenvalue weighted by Crippen LogP contribution is 2.40. The lowest BCUT2D eigenvalue weighted by atomic mass is 9.84. The van der Waals surface area contributed by atoms with E-state index < -0.39 is 18.1 Å². The van der Waals surface area contributed by atoms with E-state index >= 15 is 0 Å². The molecular formula is C13H14BrClF3N. The summed E-state index contributed by atoms with van der Waals surface area (Å²) in [6, 6.07) is 4.48. The lowest BCUT2D eigenvalue weighted by Gasteiger charge is -2.34. The average molecular weight is 357 g/mol. The SMILES string of the molecule is FC(F)(F)C1CCCCC1Nc1ccc(Cl)cc1Br. The second kappa shape index (κ2) is 5.92. The maximum absolute atomic E-state index is 13.0. The van der Waals surface area contributed by atoms with Gasteiger partial charge in [0.05, 0.1) is 5.92 Å². The third kappa shape index (κ3) is 3.78. The Hall–Kier alpha value is -0.420. The Balaban J connectivity index is 2.15. The zero-order valence-corrected chi connectivity index (χ0v) is 12.4. The maximum Gasteiger partial charge on any atom is 0.393 e. The highest BCUT2D eigenvalue weighted by Gasteiger charge is 2.45. The van der Waals surface area contributed by atoms with Crippen LogP contribution in [0.1, 0.15) is 25.7 Å². The van der Waals surface area contributed by atoms with Crippen molar-refractivity contribution in [3.05, 3.63) is 27.7 Å². The van der Waals surface area contributed by atoms with Gasteiger partial charge in [-0.25, -0.2) is 0 Å². The van der Waals surface area contributed by atoms with Crippen molar-refractivity contribution in [3.63, 3.8) is 0 Å². The van der Waals surface area contributed by atoms with E-state index in [9.17, 15) is 13.2 Å². The predicted molar refractivity (Wildman–Crippen MR) is 74.6 cm³/mol. The van der Waals surface area contributed by atoms with Gasteiger partial charge >= 0.3 is 6.18 Å². The number of alkyl halides is 3. The van der Waals surface area contributed by atoms with Gasteiger partial charge in [-0.3, -0.25) is 0 Å². The van der Waals surface area contributed by atoms with Crippen molar-refractivity contribution in [2.45, 2.75) is 37.9 Å². The van der Waals surface area contributed by atoms with Crippen LogP contribution in [0, 0.1) is 5.92 Å². The Morgan fingerprint density at radius 3 is 2.53 bits per heavy atom. The fourth-order valence-electron chi connectivity index (χ4n) is 2.50. The van der Waals surface area contributed by atoms with Crippen molar-refractivity contribution in [1.82, 2.24) is 0 Å². The highest BCUT2D eigenvalue weighted by molar-refractivity contribution is 9.10. The molecule has 1 aliphatic rings. The van der Waals surface area contributed by atoms with E-state index in [1.165, 1.54) is 0 Å². The fourth-order valence-corrected chi connectivity index (χ4v) is 3.30. The summed E-state index contributed by atoms with van der Waals surface area (Å²) in [6.07, 6.45) is -1.93. The summed E-state index contributed by atoms with van der Waals surface area (Å²) in [7, 11) is 0. The van der Waals surface area contributed by atoms with Crippen LogP contribution in [0.2, 0.25) is 5.02 Å². The molecule has 2 atom stereocenters. The summed E-state index contributed by atoms with van der Waals surface area (Å²) in [5, 5.41) is 3.56. The van der Waals surface area contributed by atoms with E-state index in [4.69, 9.17) is 11.6 Å². The largest absolute Gasteiger partial charge is 0.393 e. The third-order valence-corrected chi connectivity index (χ3v) is 4.35. The van der Waals surface area contributed by atoms with Crippen LogP contribution in [0.5, 0.6) is 0 Å². The lowest BCUT2D eigenvalue weighted by Crippen LogP contribution is -2.41. The minimum atomic E-state index is -4.14. The quantitative estimate of drug-likeness (QED) is 0.723. The summed E-state index contributed by atoms with van der Waals surface area (Å²) in [5.74, 6) is -1.27. The minimum Gasteiger partial charge on any atom is -0.381 e. The molecule has 1 aliphatic carbocycles. The summed E-state index contributed by atoms with van der Waals surface area (Å²) >= 11 is 9.14. The Labute approximate surface area is 123 Å². The van der Waals surface area contributed by atoms with E-state index in [-0.39, 0.29) is 6.42 Å². The molecule has 0 bridgehead atoms. The minimum absolute atomic E-state index is 0.201. The molecule has 0 amide bonds. The molecule has 1 fully saturated rings. The second-order valence-corrected chi connectivity index (χ2v) is 6.10. The molecule has 1 aromatic rings. The number of halogens is 5. The van der Waals surface area contributed by atoms with Crippen LogP contribution in [-0.4, -0.2) is 12.2 Å². The number of nitrogens with one attached hydrogen (secondary N) is 1. The third-order valence-electron chi connectivity index (χ3n) is 3.46. The molecule has 1 aromatic carbocycles. The molecule has 0 saturated heterocycles. The van der Waals surface area contributed by atoms with Crippen LogP contribution in [0.4, 0.5) is 18.9 Å². The summed E-state index contributed by atoms with van der Waals surface area (Å²) in [6.45, 7) is 0. The van der Waals surface area contributed by atoms with Gasteiger partial charge < -0.3 is 5.32 Å². The molecular weight excluding hydrogens is 343 g/mol. The van der Waals surface area contributed by atoms with Crippen molar-refractivity contribution in [1.29, 1.82) is 0 Å². The molecule has 6 heteroatoms. The van der Waals surface area contributed by atoms with Crippen LogP contribution in [0.3, 0.4) is 0 Å². The average Bonchev–Trinajstić information content (AvgIpc) is 2.32. The van der Waals surface area contributed by atoms with Gasteiger partial charge in [-0.1, -0.05) is 24.4 Å². The molecule has 1 nitrogen and oxygen atoms in total. The van der Waals surface area contributed by atoms with Crippen molar-refractivity contribution in [3.8, 4) is 0 Å². The van der Waals surface area contributed by atoms with Crippen molar-refractivity contribution in [2.75, 3.05) is 5.32 Å². The number of hydrogen-bond donors (Lipinski definition) is 1. The standard InChI is InChI=1S/C13H14BrClF3N/c14-10-7-8(15)5-6-12(10)19-11-4-2-1-3-9(11)13(16,17)18/h5-7,9,11,19H,1-4H2. The number of benzene rings is 1. The van der Waals surface area contributed by atoms with Gasteiger partial charge in [-0.05, 0) is 47.0 Å². The molecule has 2 unspecified atom stereocenters. The Kier molecular flexibility index (Phi) is 4.66. The van der Waals surface area contributed by atoms with Gasteiger partial charge in [0.2, 0.25) is 0 Å². The van der Waals surface area contributed by atoms with Gasteiger partial charge in [-0.2, -0.15) is 13.2 Å². The van der Waals surface area contributed by atoms with E-state index in [0.717, 1.165) is 6.42 Å². The van der Waals surface area contributed by atoms with Crippen LogP contribution >= 0.6 is 27.5 Å². The normalized spacial score (nSPS) is 24.3. The Bertz CT molecular complexity index is 450. The van der Waals surface area contributed by atoms with Gasteiger partial charge in [0, 0.05) is 21.2 Å². The maximum atomic E-state index is 13.0.